The van der Waals surface area contributed by atoms with Crippen LogP contribution in [0.25, 0.3) is 0 Å². The lowest BCUT2D eigenvalue weighted by atomic mass is 9.45. The van der Waals surface area contributed by atoms with E-state index in [0.29, 0.717) is 11.1 Å². The number of hydrogen-bond acceptors (Lipinski definition) is 16. The smallest absolute Gasteiger partial charge is 0.408 e. The maximum Gasteiger partial charge on any atom is 0.408 e. The largest absolute Gasteiger partial charge is 0.462 e. The van der Waals surface area contributed by atoms with Gasteiger partial charge in [0.15, 0.2) is 23.9 Å². The lowest BCUT2D eigenvalue weighted by Crippen LogP contribution is -2.80. The molecule has 1 heterocycles. The van der Waals surface area contributed by atoms with E-state index < -0.39 is 133 Å². The third kappa shape index (κ3) is 12.0. The predicted molar refractivity (Wildman–Crippen MR) is 276 cm³/mol. The summed E-state index contributed by atoms with van der Waals surface area (Å²) in [6.45, 7) is 33.3. The van der Waals surface area contributed by atoms with Crippen molar-refractivity contribution in [3.63, 3.8) is 0 Å². The van der Waals surface area contributed by atoms with Crippen LogP contribution in [0.1, 0.15) is 155 Å². The number of hydrogen-bond donors (Lipinski definition) is 1. The predicted octanol–water partition coefficient (Wildman–Crippen LogP) is 9.44. The topological polar surface area (TPSA) is 215 Å². The molecule has 3 aliphatic carbocycles. The Balaban J connectivity index is 1.88. The van der Waals surface area contributed by atoms with Crippen molar-refractivity contribution < 1.29 is 75.9 Å². The maximum atomic E-state index is 15.7. The molecule has 1 aromatic carbocycles. The van der Waals surface area contributed by atoms with Crippen LogP contribution in [0.4, 0.5) is 4.79 Å². The van der Waals surface area contributed by atoms with Gasteiger partial charge in [-0.15, -0.1) is 0 Å². The van der Waals surface area contributed by atoms with Gasteiger partial charge in [-0.1, -0.05) is 92.2 Å². The highest BCUT2D eigenvalue weighted by Crippen LogP contribution is 2.65. The Bertz CT molecular complexity index is 2330. The van der Waals surface area contributed by atoms with Crippen LogP contribution >= 0.6 is 0 Å². The number of rotatable bonds is 16. The van der Waals surface area contributed by atoms with Gasteiger partial charge >= 0.3 is 41.9 Å². The summed E-state index contributed by atoms with van der Waals surface area (Å²) in [4.78, 5) is 98.3. The number of ether oxygens (including phenoxy) is 8. The van der Waals surface area contributed by atoms with Crippen molar-refractivity contribution in [3.05, 3.63) is 58.7 Å². The first-order valence-corrected chi connectivity index (χ1v) is 28.1. The number of allylic oxidation sites excluding steroid dienone is 1. The Kier molecular flexibility index (Phi) is 18.3. The van der Waals surface area contributed by atoms with Crippen molar-refractivity contribution in [2.45, 2.75) is 221 Å². The zero-order valence-electron chi connectivity index (χ0n) is 47.1. The molecule has 74 heavy (non-hydrogen) atoms. The molecule has 1 amide bonds. The van der Waals surface area contributed by atoms with Crippen molar-refractivity contribution in [2.24, 2.45) is 22.7 Å². The van der Waals surface area contributed by atoms with Crippen LogP contribution in [-0.4, -0.2) is 117 Å². The average Bonchev–Trinajstić information content (AvgIpc) is 3.24. The summed E-state index contributed by atoms with van der Waals surface area (Å²) in [5.74, 6) is -6.60. The van der Waals surface area contributed by atoms with Gasteiger partial charge in [0.05, 0.1) is 29.5 Å². The summed E-state index contributed by atoms with van der Waals surface area (Å²) >= 11 is 0. The number of carbonyl (C=O) groups is 7. The van der Waals surface area contributed by atoms with Crippen LogP contribution in [0.2, 0.25) is 16.6 Å². The zero-order chi connectivity index (χ0) is 55.8. The molecule has 12 atom stereocenters. The van der Waals surface area contributed by atoms with E-state index in [0.717, 1.165) is 5.57 Å². The standard InChI is InChI=1S/C56H83NO16Si/c1-29(2)25-40(57-52(64)72-53(14,15)16)46(73-74(30(3)4,31(5)6)32(7)8)51(63)69-41-26-39-45(70-50(62)38-23-21-20-22-24-38)48-55(19,42(66-34(10)58)27-43-56(48,28-65-43)71-37(13)61)49(68-36(12)60)47(67-35(11)59)44(33(41)9)54(39,17)18/h20-25,30-32,39-43,45-49H,26-28H2,1-19H3,(H,57,64)/t39-,40-,41-,42-,43+,45+,46+,47+,48-,49-,55+,56-/m0/s1. The number of nitrogens with one attached hydrogen (secondary N) is 1. The molecule has 1 aliphatic heterocycles. The third-order valence-corrected chi connectivity index (χ3v) is 21.9. The molecule has 1 saturated heterocycles. The molecule has 17 nitrogen and oxygen atoms in total. The van der Waals surface area contributed by atoms with E-state index in [-0.39, 0.29) is 41.6 Å². The molecule has 0 radical (unpaired) electrons. The van der Waals surface area contributed by atoms with Gasteiger partial charge in [-0.2, -0.15) is 0 Å². The van der Waals surface area contributed by atoms with E-state index in [9.17, 15) is 28.8 Å². The molecule has 0 unspecified atom stereocenters. The molecule has 3 fully saturated rings. The van der Waals surface area contributed by atoms with E-state index in [2.05, 4.69) is 46.9 Å². The highest BCUT2D eigenvalue weighted by atomic mass is 28.4. The molecule has 18 heteroatoms. The normalized spacial score (nSPS) is 29.1. The lowest BCUT2D eigenvalue weighted by molar-refractivity contribution is -0.355. The van der Waals surface area contributed by atoms with Crippen molar-refractivity contribution in [2.75, 3.05) is 6.61 Å². The Morgan fingerprint density at radius 2 is 1.32 bits per heavy atom. The molecule has 5 rings (SSSR count). The van der Waals surface area contributed by atoms with E-state index in [1.807, 2.05) is 27.7 Å². The zero-order valence-corrected chi connectivity index (χ0v) is 48.1. The second kappa shape index (κ2) is 22.6. The molecule has 2 saturated carbocycles. The first-order chi connectivity index (χ1) is 34.1. The maximum absolute atomic E-state index is 15.7. The SMILES string of the molecule is CC(=O)O[C@@H]1C2=C(C)[C@@H](OC(=O)[C@H](O[Si](C(C)C)(C(C)C)C(C)C)[C@H](C=C(C)C)NC(=O)OC(C)(C)C)C[C@@H]([C@@H](OC(=O)c3ccccc3)[C@@H]3[C@]4(OC(C)=O)CO[C@@H]4C[C@H](OC(C)=O)[C@@]3(C)[C@H]1OC(C)=O)C2(C)C. The minimum Gasteiger partial charge on any atom is -0.462 e. The quantitative estimate of drug-likeness (QED) is 0.0706. The summed E-state index contributed by atoms with van der Waals surface area (Å²) in [6.07, 6.45) is -8.12. The van der Waals surface area contributed by atoms with Crippen LogP contribution < -0.4 is 5.32 Å². The van der Waals surface area contributed by atoms with E-state index in [1.54, 1.807) is 71.0 Å². The molecule has 2 bridgehead atoms. The van der Waals surface area contributed by atoms with Gasteiger partial charge in [0.1, 0.15) is 30.0 Å². The molecule has 412 valence electrons. The number of amides is 1. The molecule has 0 spiro atoms. The number of benzene rings is 1. The van der Waals surface area contributed by atoms with Gasteiger partial charge in [-0.3, -0.25) is 19.2 Å². The summed E-state index contributed by atoms with van der Waals surface area (Å²) in [5.41, 5.74) is -3.57. The van der Waals surface area contributed by atoms with Gasteiger partial charge in [-0.05, 0) is 93.3 Å². The Morgan fingerprint density at radius 1 is 0.757 bits per heavy atom. The monoisotopic (exact) mass is 1050 g/mol. The van der Waals surface area contributed by atoms with E-state index in [1.165, 1.54) is 27.7 Å². The van der Waals surface area contributed by atoms with Crippen LogP contribution in [0.5, 0.6) is 0 Å². The highest BCUT2D eigenvalue weighted by molar-refractivity contribution is 6.77. The molecule has 4 aliphatic rings. The first-order valence-electron chi connectivity index (χ1n) is 26.0. The fraction of sp³-hybridized carbons (Fsp3) is 0.696. The Morgan fingerprint density at radius 3 is 1.80 bits per heavy atom. The molecular weight excluding hydrogens is 971 g/mol. The first kappa shape index (κ1) is 59.8. The third-order valence-electron chi connectivity index (χ3n) is 15.8. The molecular formula is C56H83NO16Si. The second-order valence-corrected chi connectivity index (χ2v) is 29.1. The van der Waals surface area contributed by atoms with Gasteiger partial charge < -0.3 is 47.6 Å². The summed E-state index contributed by atoms with van der Waals surface area (Å²) in [5, 5.41) is 2.92. The van der Waals surface area contributed by atoms with Gasteiger partial charge in [-0.25, -0.2) is 14.4 Å². The minimum absolute atomic E-state index is 0.00940. The number of alkyl carbamates (subject to hydrolysis) is 1. The Labute approximate surface area is 438 Å². The minimum atomic E-state index is -2.99. The fourth-order valence-electron chi connectivity index (χ4n) is 13.2. The Hall–Kier alpha value is -5.07. The van der Waals surface area contributed by atoms with Gasteiger partial charge in [0.25, 0.3) is 0 Å². The summed E-state index contributed by atoms with van der Waals surface area (Å²) in [7, 11) is -2.99. The van der Waals surface area contributed by atoms with Crippen LogP contribution in [-0.2, 0) is 66.3 Å². The van der Waals surface area contributed by atoms with Crippen LogP contribution in [0.15, 0.2) is 53.1 Å². The molecule has 1 N–H and O–H groups in total. The molecule has 0 aromatic heterocycles. The van der Waals surface area contributed by atoms with Gasteiger partial charge in [0, 0.05) is 40.0 Å². The van der Waals surface area contributed by atoms with Crippen molar-refractivity contribution in [1.29, 1.82) is 0 Å². The van der Waals surface area contributed by atoms with Crippen LogP contribution in [0.3, 0.4) is 0 Å². The average molecular weight is 1050 g/mol. The number of fused-ring (bicyclic) bond motifs is 5. The molecule has 1 aromatic rings. The van der Waals surface area contributed by atoms with E-state index >= 15 is 4.79 Å². The lowest BCUT2D eigenvalue weighted by Gasteiger charge is -2.68. The fourth-order valence-corrected chi connectivity index (χ4v) is 18.7. The van der Waals surface area contributed by atoms with E-state index in [4.69, 9.17) is 42.3 Å². The number of esters is 6. The van der Waals surface area contributed by atoms with Crippen LogP contribution in [0, 0.1) is 22.7 Å². The second-order valence-electron chi connectivity index (χ2n) is 23.7. The summed E-state index contributed by atoms with van der Waals surface area (Å²) in [6, 6.07) is 7.22. The summed E-state index contributed by atoms with van der Waals surface area (Å²) < 4.78 is 58.4. The van der Waals surface area contributed by atoms with Crippen molar-refractivity contribution in [3.8, 4) is 0 Å². The van der Waals surface area contributed by atoms with Gasteiger partial charge in [0.2, 0.25) is 8.32 Å². The van der Waals surface area contributed by atoms with Crippen molar-refractivity contribution in [1.82, 2.24) is 5.32 Å². The van der Waals surface area contributed by atoms with Crippen molar-refractivity contribution >= 4 is 50.2 Å². The number of carbonyl (C=O) groups excluding carboxylic acids is 7. The highest BCUT2D eigenvalue weighted by Gasteiger charge is 2.77.